The minimum atomic E-state index is -3.50. The van der Waals surface area contributed by atoms with Crippen molar-refractivity contribution in [2.75, 3.05) is 20.1 Å². The zero-order chi connectivity index (χ0) is 16.8. The predicted molar refractivity (Wildman–Crippen MR) is 78.0 cm³/mol. The number of nitrogens with two attached hydrogens (primary N) is 1. The number of alkyl halides is 2. The second kappa shape index (κ2) is 7.61. The topological polar surface area (TPSA) is 101 Å². The van der Waals surface area contributed by atoms with E-state index in [-0.39, 0.29) is 11.3 Å². The highest BCUT2D eigenvalue weighted by Crippen LogP contribution is 2.12. The van der Waals surface area contributed by atoms with Crippen LogP contribution in [0.1, 0.15) is 12.0 Å². The van der Waals surface area contributed by atoms with E-state index >= 15 is 0 Å². The van der Waals surface area contributed by atoms with Gasteiger partial charge in [-0.15, -0.1) is 0 Å². The normalized spacial score (nSPS) is 12.2. The molecule has 124 valence electrons. The number of amides is 1. The van der Waals surface area contributed by atoms with Gasteiger partial charge in [0.2, 0.25) is 15.9 Å². The van der Waals surface area contributed by atoms with Gasteiger partial charge in [0.05, 0.1) is 18.0 Å². The van der Waals surface area contributed by atoms with Crippen molar-refractivity contribution in [3.63, 3.8) is 0 Å². The summed E-state index contributed by atoms with van der Waals surface area (Å²) in [5.74, 6) is -3.63. The van der Waals surface area contributed by atoms with Crippen LogP contribution in [0.5, 0.6) is 0 Å². The van der Waals surface area contributed by atoms with Gasteiger partial charge in [-0.2, -0.15) is 0 Å². The van der Waals surface area contributed by atoms with Crippen molar-refractivity contribution < 1.29 is 22.0 Å². The maximum atomic E-state index is 12.9. The first-order valence-electron chi connectivity index (χ1n) is 6.57. The summed E-state index contributed by atoms with van der Waals surface area (Å²) in [4.78, 5) is 11.6. The molecule has 0 heterocycles. The van der Waals surface area contributed by atoms with Gasteiger partial charge in [-0.05, 0) is 31.2 Å². The lowest BCUT2D eigenvalue weighted by atomic mass is 10.1. The molecule has 0 radical (unpaired) electrons. The van der Waals surface area contributed by atoms with Crippen LogP contribution in [-0.2, 0) is 21.2 Å². The van der Waals surface area contributed by atoms with E-state index < -0.39 is 34.9 Å². The molecule has 0 unspecified atom stereocenters. The first-order chi connectivity index (χ1) is 10.2. The van der Waals surface area contributed by atoms with Crippen LogP contribution in [0.3, 0.4) is 0 Å². The smallest absolute Gasteiger partial charge is 0.277 e. The van der Waals surface area contributed by atoms with Crippen LogP contribution in [0.15, 0.2) is 29.2 Å². The van der Waals surface area contributed by atoms with Gasteiger partial charge in [-0.25, -0.2) is 21.9 Å². The standard InChI is InChI=1S/C13H19F2N3O3S/c1-17-22(20,21)11-5-2-10(3-6-11)4-7-12(19)18-9-13(14,15)8-16/h2-3,5-6,17H,4,7-9,16H2,1H3,(H,18,19). The molecule has 1 aromatic carbocycles. The monoisotopic (exact) mass is 335 g/mol. The third-order valence-corrected chi connectivity index (χ3v) is 4.42. The molecule has 4 N–H and O–H groups in total. The third-order valence-electron chi connectivity index (χ3n) is 2.99. The van der Waals surface area contributed by atoms with Crippen molar-refractivity contribution in [1.29, 1.82) is 0 Å². The molecule has 0 fully saturated rings. The molecule has 0 aromatic heterocycles. The first kappa shape index (κ1) is 18.5. The van der Waals surface area contributed by atoms with E-state index in [0.29, 0.717) is 6.42 Å². The van der Waals surface area contributed by atoms with Gasteiger partial charge in [0.1, 0.15) is 0 Å². The van der Waals surface area contributed by atoms with Crippen LogP contribution in [0, 0.1) is 0 Å². The summed E-state index contributed by atoms with van der Waals surface area (Å²) in [6, 6.07) is 5.99. The van der Waals surface area contributed by atoms with E-state index in [1.165, 1.54) is 19.2 Å². The van der Waals surface area contributed by atoms with E-state index in [0.717, 1.165) is 5.56 Å². The van der Waals surface area contributed by atoms with Crippen molar-refractivity contribution in [3.05, 3.63) is 29.8 Å². The third kappa shape index (κ3) is 5.66. The quantitative estimate of drug-likeness (QED) is 0.633. The predicted octanol–water partition coefficient (Wildman–Crippen LogP) is 0.238. The van der Waals surface area contributed by atoms with Crippen molar-refractivity contribution in [3.8, 4) is 0 Å². The van der Waals surface area contributed by atoms with Crippen LogP contribution in [-0.4, -0.2) is 40.4 Å². The molecule has 22 heavy (non-hydrogen) atoms. The Hall–Kier alpha value is -1.58. The van der Waals surface area contributed by atoms with Crippen LogP contribution in [0.25, 0.3) is 0 Å². The van der Waals surface area contributed by atoms with Gasteiger partial charge in [0.25, 0.3) is 5.92 Å². The molecule has 0 aliphatic rings. The first-order valence-corrected chi connectivity index (χ1v) is 8.05. The summed E-state index contributed by atoms with van der Waals surface area (Å²) < 4.78 is 51.0. The van der Waals surface area contributed by atoms with Gasteiger partial charge < -0.3 is 11.1 Å². The minimum Gasteiger partial charge on any atom is -0.350 e. The summed E-state index contributed by atoms with van der Waals surface area (Å²) in [6.07, 6.45) is 0.346. The summed E-state index contributed by atoms with van der Waals surface area (Å²) in [5, 5.41) is 2.11. The summed E-state index contributed by atoms with van der Waals surface area (Å²) in [5.41, 5.74) is 5.59. The number of hydrogen-bond acceptors (Lipinski definition) is 4. The number of aryl methyl sites for hydroxylation is 1. The molecule has 0 aliphatic heterocycles. The molecule has 0 saturated heterocycles. The molecule has 1 aromatic rings. The fraction of sp³-hybridized carbons (Fsp3) is 0.462. The molecule has 0 saturated carbocycles. The molecule has 0 bridgehead atoms. The number of benzene rings is 1. The van der Waals surface area contributed by atoms with Crippen molar-refractivity contribution in [1.82, 2.24) is 10.0 Å². The zero-order valence-electron chi connectivity index (χ0n) is 12.1. The Balaban J connectivity index is 2.50. The van der Waals surface area contributed by atoms with Crippen molar-refractivity contribution in [2.24, 2.45) is 5.73 Å². The van der Waals surface area contributed by atoms with Gasteiger partial charge in [-0.3, -0.25) is 4.79 Å². The van der Waals surface area contributed by atoms with Crippen molar-refractivity contribution >= 4 is 15.9 Å². The highest BCUT2D eigenvalue weighted by molar-refractivity contribution is 7.89. The Bertz CT molecular complexity index is 603. The van der Waals surface area contributed by atoms with Gasteiger partial charge in [0, 0.05) is 6.42 Å². The van der Waals surface area contributed by atoms with Crippen LogP contribution >= 0.6 is 0 Å². The Morgan fingerprint density at radius 1 is 1.27 bits per heavy atom. The van der Waals surface area contributed by atoms with E-state index in [1.807, 2.05) is 0 Å². The maximum Gasteiger partial charge on any atom is 0.277 e. The molecule has 6 nitrogen and oxygen atoms in total. The van der Waals surface area contributed by atoms with Crippen LogP contribution < -0.4 is 15.8 Å². The van der Waals surface area contributed by atoms with Gasteiger partial charge >= 0.3 is 0 Å². The Morgan fingerprint density at radius 3 is 2.36 bits per heavy atom. The Kier molecular flexibility index (Phi) is 6.39. The molecule has 1 rings (SSSR count). The zero-order valence-corrected chi connectivity index (χ0v) is 12.9. The fourth-order valence-corrected chi connectivity index (χ4v) is 2.33. The largest absolute Gasteiger partial charge is 0.350 e. The lowest BCUT2D eigenvalue weighted by Crippen LogP contribution is -2.41. The van der Waals surface area contributed by atoms with E-state index in [1.54, 1.807) is 12.1 Å². The number of hydrogen-bond donors (Lipinski definition) is 3. The molecule has 0 spiro atoms. The summed E-state index contributed by atoms with van der Waals surface area (Å²) in [6.45, 7) is -1.61. The maximum absolute atomic E-state index is 12.9. The average molecular weight is 335 g/mol. The molecule has 0 aliphatic carbocycles. The average Bonchev–Trinajstić information content (AvgIpc) is 2.51. The second-order valence-corrected chi connectivity index (χ2v) is 6.57. The Morgan fingerprint density at radius 2 is 1.86 bits per heavy atom. The number of halogens is 2. The van der Waals surface area contributed by atoms with Crippen LogP contribution in [0.2, 0.25) is 0 Å². The summed E-state index contributed by atoms with van der Waals surface area (Å²) in [7, 11) is -2.19. The number of carbonyl (C=O) groups is 1. The van der Waals surface area contributed by atoms with Gasteiger partial charge in [0.15, 0.2) is 0 Å². The molecule has 9 heteroatoms. The number of carbonyl (C=O) groups excluding carboxylic acids is 1. The molecular formula is C13H19F2N3O3S. The molecular weight excluding hydrogens is 316 g/mol. The van der Waals surface area contributed by atoms with E-state index in [2.05, 4.69) is 10.0 Å². The minimum absolute atomic E-state index is 0.0266. The summed E-state index contributed by atoms with van der Waals surface area (Å²) >= 11 is 0. The molecule has 0 atom stereocenters. The number of nitrogens with one attached hydrogen (secondary N) is 2. The lowest BCUT2D eigenvalue weighted by Gasteiger charge is -2.14. The number of rotatable bonds is 8. The second-order valence-electron chi connectivity index (χ2n) is 4.69. The fourth-order valence-electron chi connectivity index (χ4n) is 1.60. The SMILES string of the molecule is CNS(=O)(=O)c1ccc(CCC(=O)NCC(F)(F)CN)cc1. The highest BCUT2D eigenvalue weighted by Gasteiger charge is 2.26. The molecule has 1 amide bonds. The van der Waals surface area contributed by atoms with E-state index in [4.69, 9.17) is 5.73 Å². The Labute approximate surface area is 128 Å². The van der Waals surface area contributed by atoms with Crippen molar-refractivity contribution in [2.45, 2.75) is 23.7 Å². The van der Waals surface area contributed by atoms with Gasteiger partial charge in [-0.1, -0.05) is 12.1 Å². The lowest BCUT2D eigenvalue weighted by molar-refractivity contribution is -0.122. The van der Waals surface area contributed by atoms with E-state index in [9.17, 15) is 22.0 Å². The van der Waals surface area contributed by atoms with Crippen LogP contribution in [0.4, 0.5) is 8.78 Å². The number of sulfonamides is 1. The highest BCUT2D eigenvalue weighted by atomic mass is 32.2.